The molecular weight excluding hydrogens is 419 g/mol. The third-order valence-corrected chi connectivity index (χ3v) is 3.27. The van der Waals surface area contributed by atoms with E-state index < -0.39 is 0 Å². The van der Waals surface area contributed by atoms with Crippen LogP contribution < -0.4 is 20.1 Å². The zero-order valence-corrected chi connectivity index (χ0v) is 16.4. The number of aromatic nitrogens is 1. The van der Waals surface area contributed by atoms with Crippen molar-refractivity contribution in [3.8, 4) is 11.6 Å². The highest BCUT2D eigenvalue weighted by Crippen LogP contribution is 2.11. The molecule has 2 rings (SSSR count). The first-order valence-corrected chi connectivity index (χ1v) is 7.32. The van der Waals surface area contributed by atoms with Crippen LogP contribution in [0.15, 0.2) is 47.5 Å². The fourth-order valence-electron chi connectivity index (χ4n) is 1.99. The summed E-state index contributed by atoms with van der Waals surface area (Å²) in [7, 11) is 5.00. The van der Waals surface area contributed by atoms with Gasteiger partial charge < -0.3 is 20.1 Å². The van der Waals surface area contributed by atoms with Crippen molar-refractivity contribution in [2.75, 3.05) is 21.3 Å². The smallest absolute Gasteiger partial charge is 0.213 e. The second-order valence-electron chi connectivity index (χ2n) is 4.80. The van der Waals surface area contributed by atoms with E-state index in [1.165, 1.54) is 0 Å². The van der Waals surface area contributed by atoms with Gasteiger partial charge in [0.1, 0.15) is 5.75 Å². The Bertz CT molecular complexity index is 647. The second-order valence-corrected chi connectivity index (χ2v) is 4.80. The summed E-state index contributed by atoms with van der Waals surface area (Å²) in [5, 5.41) is 6.49. The molecule has 0 spiro atoms. The van der Waals surface area contributed by atoms with Crippen LogP contribution in [0.1, 0.15) is 11.3 Å². The molecule has 0 unspecified atom stereocenters. The SMILES string of the molecule is CN=C(NCc1ccc(OC)cc1)NCc1cccc(OC)n1.I. The fourth-order valence-corrected chi connectivity index (χ4v) is 1.99. The van der Waals surface area contributed by atoms with Gasteiger partial charge in [-0.2, -0.15) is 0 Å². The number of nitrogens with zero attached hydrogens (tertiary/aromatic N) is 2. The van der Waals surface area contributed by atoms with Gasteiger partial charge in [-0.25, -0.2) is 4.98 Å². The molecule has 0 radical (unpaired) electrons. The zero-order chi connectivity index (χ0) is 16.5. The molecule has 6 nitrogen and oxygen atoms in total. The number of ether oxygens (including phenoxy) is 2. The number of hydrogen-bond acceptors (Lipinski definition) is 4. The van der Waals surface area contributed by atoms with Crippen molar-refractivity contribution in [1.29, 1.82) is 0 Å². The van der Waals surface area contributed by atoms with E-state index in [1.54, 1.807) is 21.3 Å². The molecule has 0 aliphatic carbocycles. The Balaban J connectivity index is 0.00000288. The van der Waals surface area contributed by atoms with Crippen LogP contribution in [0.2, 0.25) is 0 Å². The summed E-state index contributed by atoms with van der Waals surface area (Å²) in [6.45, 7) is 1.24. The van der Waals surface area contributed by atoms with Crippen molar-refractivity contribution in [1.82, 2.24) is 15.6 Å². The molecule has 0 amide bonds. The lowest BCUT2D eigenvalue weighted by Gasteiger charge is -2.12. The van der Waals surface area contributed by atoms with Crippen LogP contribution in [0.5, 0.6) is 11.6 Å². The van der Waals surface area contributed by atoms with Crippen LogP contribution in [0.3, 0.4) is 0 Å². The Morgan fingerprint density at radius 2 is 1.71 bits per heavy atom. The summed E-state index contributed by atoms with van der Waals surface area (Å²) >= 11 is 0. The number of halogens is 1. The Kier molecular flexibility index (Phi) is 8.92. The van der Waals surface area contributed by atoms with Crippen LogP contribution in [-0.2, 0) is 13.1 Å². The van der Waals surface area contributed by atoms with E-state index in [0.717, 1.165) is 17.0 Å². The van der Waals surface area contributed by atoms with E-state index in [-0.39, 0.29) is 24.0 Å². The van der Waals surface area contributed by atoms with Crippen molar-refractivity contribution >= 4 is 29.9 Å². The highest BCUT2D eigenvalue weighted by Gasteiger charge is 2.01. The first kappa shape index (κ1) is 20.0. The average molecular weight is 442 g/mol. The first-order chi connectivity index (χ1) is 11.2. The van der Waals surface area contributed by atoms with Gasteiger partial charge in [0.2, 0.25) is 5.88 Å². The average Bonchev–Trinajstić information content (AvgIpc) is 2.62. The minimum atomic E-state index is 0. The molecule has 0 aliphatic heterocycles. The number of rotatable bonds is 6. The number of benzene rings is 1. The Morgan fingerprint density at radius 1 is 1.00 bits per heavy atom. The molecule has 1 heterocycles. The molecule has 0 aliphatic rings. The number of methoxy groups -OCH3 is 2. The molecule has 0 bridgehead atoms. The minimum Gasteiger partial charge on any atom is -0.497 e. The van der Waals surface area contributed by atoms with Gasteiger partial charge in [-0.3, -0.25) is 4.99 Å². The lowest BCUT2D eigenvalue weighted by molar-refractivity contribution is 0.396. The number of nitrogens with one attached hydrogen (secondary N) is 2. The predicted molar refractivity (Wildman–Crippen MR) is 106 cm³/mol. The van der Waals surface area contributed by atoms with E-state index >= 15 is 0 Å². The summed E-state index contributed by atoms with van der Waals surface area (Å²) in [6.07, 6.45) is 0. The normalized spacial score (nSPS) is 10.5. The summed E-state index contributed by atoms with van der Waals surface area (Å²) in [6, 6.07) is 13.6. The van der Waals surface area contributed by atoms with Crippen LogP contribution in [0.4, 0.5) is 0 Å². The maximum absolute atomic E-state index is 5.15. The Morgan fingerprint density at radius 3 is 2.33 bits per heavy atom. The molecule has 7 heteroatoms. The maximum atomic E-state index is 5.15. The fraction of sp³-hybridized carbons (Fsp3) is 0.294. The highest BCUT2D eigenvalue weighted by atomic mass is 127. The number of hydrogen-bond donors (Lipinski definition) is 2. The summed E-state index contributed by atoms with van der Waals surface area (Å²) in [5.41, 5.74) is 2.03. The molecule has 130 valence electrons. The molecule has 0 saturated carbocycles. The molecular formula is C17H23IN4O2. The van der Waals surface area contributed by atoms with Gasteiger partial charge in [0.15, 0.2) is 5.96 Å². The second kappa shape index (κ2) is 10.7. The standard InChI is InChI=1S/C17H22N4O2.HI/c1-18-17(19-11-13-7-9-15(22-2)10-8-13)20-12-14-5-4-6-16(21-14)23-3;/h4-10H,11-12H2,1-3H3,(H2,18,19,20);1H. The van der Waals surface area contributed by atoms with Crippen molar-refractivity contribution in [3.05, 3.63) is 53.7 Å². The Hall–Kier alpha value is -2.03. The summed E-state index contributed by atoms with van der Waals surface area (Å²) < 4.78 is 10.3. The van der Waals surface area contributed by atoms with Gasteiger partial charge in [-0.05, 0) is 23.8 Å². The molecule has 0 atom stereocenters. The number of guanidine groups is 1. The van der Waals surface area contributed by atoms with E-state index in [9.17, 15) is 0 Å². The molecule has 1 aromatic heterocycles. The van der Waals surface area contributed by atoms with Gasteiger partial charge in [0, 0.05) is 19.7 Å². The van der Waals surface area contributed by atoms with Gasteiger partial charge in [-0.15, -0.1) is 24.0 Å². The van der Waals surface area contributed by atoms with Crippen molar-refractivity contribution in [3.63, 3.8) is 0 Å². The van der Waals surface area contributed by atoms with Crippen LogP contribution in [-0.4, -0.2) is 32.2 Å². The monoisotopic (exact) mass is 442 g/mol. The Labute approximate surface area is 159 Å². The quantitative estimate of drug-likeness (QED) is 0.409. The highest BCUT2D eigenvalue weighted by molar-refractivity contribution is 14.0. The van der Waals surface area contributed by atoms with Gasteiger partial charge in [0.05, 0.1) is 26.5 Å². The van der Waals surface area contributed by atoms with Gasteiger partial charge in [0.25, 0.3) is 0 Å². The number of aliphatic imine (C=N–C) groups is 1. The van der Waals surface area contributed by atoms with Crippen molar-refractivity contribution in [2.24, 2.45) is 4.99 Å². The van der Waals surface area contributed by atoms with Crippen LogP contribution in [0, 0.1) is 0 Å². The van der Waals surface area contributed by atoms with Crippen molar-refractivity contribution < 1.29 is 9.47 Å². The van der Waals surface area contributed by atoms with Crippen molar-refractivity contribution in [2.45, 2.75) is 13.1 Å². The molecule has 24 heavy (non-hydrogen) atoms. The van der Waals surface area contributed by atoms with Crippen LogP contribution in [0.25, 0.3) is 0 Å². The molecule has 2 aromatic rings. The van der Waals surface area contributed by atoms with E-state index in [4.69, 9.17) is 9.47 Å². The van der Waals surface area contributed by atoms with E-state index in [2.05, 4.69) is 20.6 Å². The molecule has 0 fully saturated rings. The lowest BCUT2D eigenvalue weighted by atomic mass is 10.2. The maximum Gasteiger partial charge on any atom is 0.213 e. The third kappa shape index (κ3) is 6.23. The van der Waals surface area contributed by atoms with Gasteiger partial charge in [-0.1, -0.05) is 18.2 Å². The predicted octanol–water partition coefficient (Wildman–Crippen LogP) is 2.58. The summed E-state index contributed by atoms with van der Waals surface area (Å²) in [4.78, 5) is 8.56. The molecule has 0 saturated heterocycles. The minimum absolute atomic E-state index is 0. The molecule has 1 aromatic carbocycles. The lowest BCUT2D eigenvalue weighted by Crippen LogP contribution is -2.36. The largest absolute Gasteiger partial charge is 0.497 e. The molecule has 2 N–H and O–H groups in total. The van der Waals surface area contributed by atoms with Crippen LogP contribution >= 0.6 is 24.0 Å². The van der Waals surface area contributed by atoms with E-state index in [0.29, 0.717) is 24.9 Å². The third-order valence-electron chi connectivity index (χ3n) is 3.27. The van der Waals surface area contributed by atoms with E-state index in [1.807, 2.05) is 42.5 Å². The number of pyridine rings is 1. The summed E-state index contributed by atoms with van der Waals surface area (Å²) in [5.74, 6) is 2.16. The topological polar surface area (TPSA) is 67.8 Å². The van der Waals surface area contributed by atoms with Gasteiger partial charge >= 0.3 is 0 Å². The first-order valence-electron chi connectivity index (χ1n) is 7.32. The zero-order valence-electron chi connectivity index (χ0n) is 14.1.